The molecule has 2 atom stereocenters. The number of carbonyl (C=O) groups excluding carboxylic acids is 2. The Morgan fingerprint density at radius 3 is 2.21 bits per heavy atom. The third-order valence-corrected chi connectivity index (χ3v) is 6.75. The van der Waals surface area contributed by atoms with E-state index in [9.17, 15) is 9.59 Å². The summed E-state index contributed by atoms with van der Waals surface area (Å²) in [5, 5.41) is 6.56. The van der Waals surface area contributed by atoms with E-state index in [2.05, 4.69) is 20.6 Å². The van der Waals surface area contributed by atoms with Crippen molar-refractivity contribution in [2.24, 2.45) is 11.8 Å². The first kappa shape index (κ1) is 18.3. The molecule has 4 saturated carbocycles. The molecule has 7 heteroatoms. The smallest absolute Gasteiger partial charge is 0.307 e. The molecule has 0 aromatic carbocycles. The second-order valence-electron chi connectivity index (χ2n) is 9.39. The maximum Gasteiger partial charge on any atom is 0.307 e. The minimum atomic E-state index is -0.309. The van der Waals surface area contributed by atoms with E-state index in [0.717, 1.165) is 37.8 Å². The van der Waals surface area contributed by atoms with Gasteiger partial charge in [0.05, 0.1) is 5.69 Å². The van der Waals surface area contributed by atoms with Crippen molar-refractivity contribution in [1.29, 1.82) is 0 Å². The minimum Gasteiger partial charge on any atom is -0.441 e. The summed E-state index contributed by atoms with van der Waals surface area (Å²) >= 11 is 0. The van der Waals surface area contributed by atoms with Crippen molar-refractivity contribution in [1.82, 2.24) is 20.6 Å². The van der Waals surface area contributed by atoms with Gasteiger partial charge in [-0.25, -0.2) is 9.97 Å². The number of hydrogen-bond donors (Lipinski definition) is 2. The normalized spacial score (nSPS) is 32.2. The number of oxazole rings is 1. The Morgan fingerprint density at radius 2 is 1.62 bits per heavy atom. The summed E-state index contributed by atoms with van der Waals surface area (Å²) in [6.07, 6.45) is 7.26. The van der Waals surface area contributed by atoms with Crippen LogP contribution in [0.15, 0.2) is 28.9 Å². The predicted molar refractivity (Wildman–Crippen MR) is 105 cm³/mol. The van der Waals surface area contributed by atoms with Crippen molar-refractivity contribution >= 4 is 11.8 Å². The third-order valence-electron chi connectivity index (χ3n) is 6.75. The Labute approximate surface area is 169 Å². The molecule has 4 aliphatic carbocycles. The number of nitrogens with zero attached hydrogens (tertiary/aromatic N) is 2. The van der Waals surface area contributed by atoms with Crippen molar-refractivity contribution in [3.63, 3.8) is 0 Å². The molecule has 6 rings (SSSR count). The van der Waals surface area contributed by atoms with E-state index in [4.69, 9.17) is 4.42 Å². The Morgan fingerprint density at radius 1 is 0.966 bits per heavy atom. The molecule has 0 aliphatic heterocycles. The first-order valence-corrected chi connectivity index (χ1v) is 10.3. The Balaban J connectivity index is 1.38. The molecule has 0 spiro atoms. The van der Waals surface area contributed by atoms with Crippen LogP contribution in [0, 0.1) is 25.7 Å². The second kappa shape index (κ2) is 6.40. The van der Waals surface area contributed by atoms with Gasteiger partial charge in [0.2, 0.25) is 0 Å². The number of amides is 2. The molecule has 2 aromatic rings. The summed E-state index contributed by atoms with van der Waals surface area (Å²) in [6.45, 7) is 3.69. The highest BCUT2D eigenvalue weighted by Crippen LogP contribution is 2.57. The maximum absolute atomic E-state index is 12.9. The van der Waals surface area contributed by atoms with Crippen LogP contribution in [0.2, 0.25) is 0 Å². The lowest BCUT2D eigenvalue weighted by Gasteiger charge is -2.62. The highest BCUT2D eigenvalue weighted by atomic mass is 16.4. The van der Waals surface area contributed by atoms with E-state index < -0.39 is 0 Å². The Kier molecular flexibility index (Phi) is 4.05. The van der Waals surface area contributed by atoms with Crippen LogP contribution in [0.3, 0.4) is 0 Å². The van der Waals surface area contributed by atoms with Gasteiger partial charge < -0.3 is 15.1 Å². The molecule has 4 bridgehead atoms. The van der Waals surface area contributed by atoms with Gasteiger partial charge in [0.1, 0.15) is 12.0 Å². The zero-order chi connectivity index (χ0) is 20.2. The summed E-state index contributed by atoms with van der Waals surface area (Å²) < 4.78 is 5.30. The van der Waals surface area contributed by atoms with Crippen LogP contribution in [-0.2, 0) is 0 Å². The van der Waals surface area contributed by atoms with Crippen molar-refractivity contribution in [2.45, 2.75) is 63.5 Å². The van der Waals surface area contributed by atoms with Gasteiger partial charge in [0, 0.05) is 16.8 Å². The Bertz CT molecular complexity index is 968. The molecule has 4 fully saturated rings. The summed E-state index contributed by atoms with van der Waals surface area (Å²) in [5.41, 5.74) is 1.38. The zero-order valence-corrected chi connectivity index (χ0v) is 16.8. The molecule has 2 unspecified atom stereocenters. The number of carbonyl (C=O) groups is 2. The van der Waals surface area contributed by atoms with Crippen molar-refractivity contribution in [3.05, 3.63) is 47.4 Å². The van der Waals surface area contributed by atoms with Crippen LogP contribution in [0.4, 0.5) is 0 Å². The van der Waals surface area contributed by atoms with Crippen LogP contribution >= 0.6 is 0 Å². The fourth-order valence-electron chi connectivity index (χ4n) is 6.28. The molecule has 2 heterocycles. The largest absolute Gasteiger partial charge is 0.441 e. The van der Waals surface area contributed by atoms with Gasteiger partial charge in [0.25, 0.3) is 11.8 Å². The van der Waals surface area contributed by atoms with Gasteiger partial charge in [-0.05, 0) is 76.3 Å². The summed E-state index contributed by atoms with van der Waals surface area (Å²) in [7, 11) is 0. The molecule has 4 aliphatic rings. The standard InChI is InChI=1S/C22H26N4O3/c1-13-4-3-5-17(23-13)18(27)25-21-7-15-6-16(8-21)10-22(9-15,12-21)26-19(28)20-24-14(2)11-29-20/h3-5,11,15-16H,6-10,12H2,1-2H3,(H,25,27)(H,26,28). The average molecular weight is 394 g/mol. The first-order valence-electron chi connectivity index (χ1n) is 10.3. The Hall–Kier alpha value is -2.70. The van der Waals surface area contributed by atoms with Crippen molar-refractivity contribution in [2.75, 3.05) is 0 Å². The highest BCUT2D eigenvalue weighted by molar-refractivity contribution is 5.93. The molecule has 29 heavy (non-hydrogen) atoms. The fraction of sp³-hybridized carbons (Fsp3) is 0.545. The van der Waals surface area contributed by atoms with E-state index in [1.165, 1.54) is 12.7 Å². The number of pyridine rings is 1. The van der Waals surface area contributed by atoms with Gasteiger partial charge in [-0.15, -0.1) is 0 Å². The van der Waals surface area contributed by atoms with E-state index in [0.29, 0.717) is 23.2 Å². The summed E-state index contributed by atoms with van der Waals surface area (Å²) in [4.78, 5) is 34.3. The van der Waals surface area contributed by atoms with Crippen LogP contribution in [0.5, 0.6) is 0 Å². The van der Waals surface area contributed by atoms with Crippen LogP contribution < -0.4 is 10.6 Å². The van der Waals surface area contributed by atoms with Crippen molar-refractivity contribution < 1.29 is 14.0 Å². The van der Waals surface area contributed by atoms with Crippen LogP contribution in [-0.4, -0.2) is 32.9 Å². The van der Waals surface area contributed by atoms with Gasteiger partial charge in [-0.3, -0.25) is 9.59 Å². The van der Waals surface area contributed by atoms with Gasteiger partial charge >= 0.3 is 5.91 Å². The van der Waals surface area contributed by atoms with Crippen LogP contribution in [0.25, 0.3) is 0 Å². The summed E-state index contributed by atoms with van der Waals surface area (Å²) in [5.74, 6) is 0.741. The average Bonchev–Trinajstić information content (AvgIpc) is 3.06. The van der Waals surface area contributed by atoms with Crippen LogP contribution in [0.1, 0.15) is 71.1 Å². The summed E-state index contributed by atoms with van der Waals surface area (Å²) in [6, 6.07) is 5.50. The van der Waals surface area contributed by atoms with E-state index in [-0.39, 0.29) is 28.8 Å². The molecular formula is C22H26N4O3. The second-order valence-corrected chi connectivity index (χ2v) is 9.39. The molecule has 152 valence electrons. The number of rotatable bonds is 4. The fourth-order valence-corrected chi connectivity index (χ4v) is 6.28. The lowest BCUT2D eigenvalue weighted by atomic mass is 9.50. The molecule has 0 saturated heterocycles. The van der Waals surface area contributed by atoms with Crippen molar-refractivity contribution in [3.8, 4) is 0 Å². The molecule has 2 amide bonds. The van der Waals surface area contributed by atoms with E-state index >= 15 is 0 Å². The van der Waals surface area contributed by atoms with Gasteiger partial charge in [0.15, 0.2) is 0 Å². The topological polar surface area (TPSA) is 97.1 Å². The molecule has 7 nitrogen and oxygen atoms in total. The molecule has 2 N–H and O–H groups in total. The lowest BCUT2D eigenvalue weighted by molar-refractivity contribution is -0.0452. The zero-order valence-electron chi connectivity index (χ0n) is 16.8. The van der Waals surface area contributed by atoms with Gasteiger partial charge in [-0.1, -0.05) is 6.07 Å². The third kappa shape index (κ3) is 3.32. The highest BCUT2D eigenvalue weighted by Gasteiger charge is 2.59. The van der Waals surface area contributed by atoms with E-state index in [1.807, 2.05) is 19.1 Å². The predicted octanol–water partition coefficient (Wildman–Crippen LogP) is 2.94. The maximum atomic E-state index is 12.9. The molecule has 2 aromatic heterocycles. The first-order chi connectivity index (χ1) is 13.8. The quantitative estimate of drug-likeness (QED) is 0.831. The molecule has 0 radical (unpaired) electrons. The number of hydrogen-bond acceptors (Lipinski definition) is 5. The lowest BCUT2D eigenvalue weighted by Crippen LogP contribution is -2.69. The number of aromatic nitrogens is 2. The molecular weight excluding hydrogens is 368 g/mol. The minimum absolute atomic E-state index is 0.111. The van der Waals surface area contributed by atoms with Gasteiger partial charge in [-0.2, -0.15) is 0 Å². The SMILES string of the molecule is Cc1cccc(C(=O)NC23CC4CC(C2)CC(NC(=O)c2nc(C)co2)(C4)C3)n1. The van der Waals surface area contributed by atoms with E-state index in [1.54, 1.807) is 13.0 Å². The number of aryl methyl sites for hydroxylation is 2. The number of nitrogens with one attached hydrogen (secondary N) is 2. The monoisotopic (exact) mass is 394 g/mol.